The predicted molar refractivity (Wildman–Crippen MR) is 104 cm³/mol. The summed E-state index contributed by atoms with van der Waals surface area (Å²) in [5.41, 5.74) is 16.1. The average molecular weight is 417 g/mol. The number of aliphatic hydroxyl groups excluding tert-OH is 1. The Labute approximate surface area is 168 Å². The van der Waals surface area contributed by atoms with E-state index in [-0.39, 0.29) is 12.4 Å². The summed E-state index contributed by atoms with van der Waals surface area (Å²) in [6.07, 6.45) is -0.567. The number of hydrogen-bond acceptors (Lipinski definition) is 7. The predicted octanol–water partition coefficient (Wildman–Crippen LogP) is -3.67. The van der Waals surface area contributed by atoms with E-state index in [0.29, 0.717) is 13.0 Å². The van der Waals surface area contributed by atoms with Crippen LogP contribution in [0.5, 0.6) is 0 Å². The number of guanidine groups is 1. The van der Waals surface area contributed by atoms with Gasteiger partial charge in [0.15, 0.2) is 5.96 Å². The van der Waals surface area contributed by atoms with Gasteiger partial charge in [-0.15, -0.1) is 0 Å². The SMILES string of the molecule is CC(NC(=O)C(NC(=O)C(C)NC(=O)C(N)CCCN=C(N)N)C(C)O)C(=O)O. The third-order valence-electron chi connectivity index (χ3n) is 3.85. The molecule has 166 valence electrons. The van der Waals surface area contributed by atoms with Gasteiger partial charge in [-0.3, -0.25) is 24.2 Å². The molecule has 0 fully saturated rings. The van der Waals surface area contributed by atoms with Crippen LogP contribution in [0.25, 0.3) is 0 Å². The number of nitrogens with one attached hydrogen (secondary N) is 3. The lowest BCUT2D eigenvalue weighted by Gasteiger charge is -2.24. The third kappa shape index (κ3) is 10.3. The molecule has 0 rings (SSSR count). The highest BCUT2D eigenvalue weighted by Crippen LogP contribution is 1.99. The average Bonchev–Trinajstić information content (AvgIpc) is 2.61. The fourth-order valence-corrected chi connectivity index (χ4v) is 2.08. The quantitative estimate of drug-likeness (QED) is 0.0885. The summed E-state index contributed by atoms with van der Waals surface area (Å²) in [6, 6.07) is -4.57. The second-order valence-electron chi connectivity index (χ2n) is 6.58. The van der Waals surface area contributed by atoms with E-state index in [1.165, 1.54) is 20.8 Å². The molecule has 0 radical (unpaired) electrons. The van der Waals surface area contributed by atoms with Crippen LogP contribution in [0.15, 0.2) is 4.99 Å². The Hall–Kier alpha value is -2.93. The van der Waals surface area contributed by atoms with Gasteiger partial charge >= 0.3 is 5.97 Å². The molecule has 0 heterocycles. The van der Waals surface area contributed by atoms with Gasteiger partial charge in [0.05, 0.1) is 12.1 Å². The lowest BCUT2D eigenvalue weighted by Crippen LogP contribution is -2.59. The molecular weight excluding hydrogens is 386 g/mol. The normalized spacial score (nSPS) is 15.8. The maximum Gasteiger partial charge on any atom is 0.325 e. The van der Waals surface area contributed by atoms with Crippen LogP contribution < -0.4 is 33.2 Å². The van der Waals surface area contributed by atoms with Crippen LogP contribution in [-0.2, 0) is 19.2 Å². The minimum atomic E-state index is -1.41. The minimum absolute atomic E-state index is 0.0669. The van der Waals surface area contributed by atoms with E-state index in [0.717, 1.165) is 0 Å². The monoisotopic (exact) mass is 417 g/mol. The van der Waals surface area contributed by atoms with E-state index >= 15 is 0 Å². The molecule has 0 saturated heterocycles. The molecule has 13 nitrogen and oxygen atoms in total. The number of amides is 3. The molecule has 3 amide bonds. The van der Waals surface area contributed by atoms with Gasteiger partial charge in [0.1, 0.15) is 18.1 Å². The summed E-state index contributed by atoms with van der Waals surface area (Å²) >= 11 is 0. The third-order valence-corrected chi connectivity index (χ3v) is 3.85. The van der Waals surface area contributed by atoms with Crippen molar-refractivity contribution in [1.82, 2.24) is 16.0 Å². The van der Waals surface area contributed by atoms with Crippen molar-refractivity contribution in [2.75, 3.05) is 6.54 Å². The topological polar surface area (TPSA) is 235 Å². The summed E-state index contributed by atoms with van der Waals surface area (Å²) in [7, 11) is 0. The van der Waals surface area contributed by atoms with Crippen molar-refractivity contribution < 1.29 is 29.4 Å². The highest BCUT2D eigenvalue weighted by atomic mass is 16.4. The van der Waals surface area contributed by atoms with Crippen LogP contribution in [0, 0.1) is 0 Å². The number of rotatable bonds is 12. The Kier molecular flexibility index (Phi) is 11.2. The summed E-state index contributed by atoms with van der Waals surface area (Å²) in [4.78, 5) is 51.0. The maximum atomic E-state index is 12.3. The molecule has 11 N–H and O–H groups in total. The molecule has 0 saturated carbocycles. The molecule has 0 aliphatic heterocycles. The number of aliphatic hydroxyl groups is 1. The molecule has 0 aromatic heterocycles. The molecule has 0 aliphatic carbocycles. The lowest BCUT2D eigenvalue weighted by molar-refractivity contribution is -0.142. The van der Waals surface area contributed by atoms with Gasteiger partial charge in [-0.05, 0) is 33.6 Å². The molecule has 0 bridgehead atoms. The van der Waals surface area contributed by atoms with Gasteiger partial charge < -0.3 is 43.4 Å². The first-order chi connectivity index (χ1) is 13.4. The molecular formula is C16H31N7O6. The van der Waals surface area contributed by atoms with Crippen LogP contribution in [0.3, 0.4) is 0 Å². The lowest BCUT2D eigenvalue weighted by atomic mass is 10.1. The number of nitrogens with zero attached hydrogens (tertiary/aromatic N) is 1. The van der Waals surface area contributed by atoms with E-state index in [2.05, 4.69) is 20.9 Å². The standard InChI is InChI=1S/C16H31N7O6/c1-7(21-13(26)10(17)5-4-6-20-16(18)19)12(25)23-11(9(3)24)14(27)22-8(2)15(28)29/h7-11,24H,4-6,17H2,1-3H3,(H,21,26)(H,22,27)(H,23,25)(H,28,29)(H4,18,19,20). The van der Waals surface area contributed by atoms with E-state index in [9.17, 15) is 24.3 Å². The van der Waals surface area contributed by atoms with E-state index in [1.807, 2.05) is 0 Å². The van der Waals surface area contributed by atoms with Crippen molar-refractivity contribution in [3.8, 4) is 0 Å². The first-order valence-corrected chi connectivity index (χ1v) is 8.99. The van der Waals surface area contributed by atoms with Crippen LogP contribution in [0.2, 0.25) is 0 Å². The van der Waals surface area contributed by atoms with Gasteiger partial charge in [0.2, 0.25) is 17.7 Å². The van der Waals surface area contributed by atoms with Crippen molar-refractivity contribution in [3.05, 3.63) is 0 Å². The number of nitrogens with two attached hydrogens (primary N) is 3. The largest absolute Gasteiger partial charge is 0.480 e. The number of carbonyl (C=O) groups is 4. The number of carbonyl (C=O) groups excluding carboxylic acids is 3. The molecule has 0 aliphatic rings. The zero-order valence-electron chi connectivity index (χ0n) is 16.7. The van der Waals surface area contributed by atoms with Crippen molar-refractivity contribution in [1.29, 1.82) is 0 Å². The Bertz CT molecular complexity index is 621. The minimum Gasteiger partial charge on any atom is -0.480 e. The maximum absolute atomic E-state index is 12.3. The Morgan fingerprint density at radius 3 is 1.97 bits per heavy atom. The number of aliphatic carboxylic acids is 1. The fourth-order valence-electron chi connectivity index (χ4n) is 2.08. The van der Waals surface area contributed by atoms with Gasteiger partial charge in [-0.2, -0.15) is 0 Å². The number of carboxylic acids is 1. The Balaban J connectivity index is 4.70. The smallest absolute Gasteiger partial charge is 0.325 e. The first-order valence-electron chi connectivity index (χ1n) is 8.99. The van der Waals surface area contributed by atoms with Gasteiger partial charge in [0, 0.05) is 6.54 Å². The van der Waals surface area contributed by atoms with Gasteiger partial charge in [-0.1, -0.05) is 0 Å². The summed E-state index contributed by atoms with van der Waals surface area (Å²) in [6.45, 7) is 4.17. The summed E-state index contributed by atoms with van der Waals surface area (Å²) in [5, 5.41) is 25.4. The van der Waals surface area contributed by atoms with Gasteiger partial charge in [0.25, 0.3) is 0 Å². The Morgan fingerprint density at radius 1 is 0.931 bits per heavy atom. The van der Waals surface area contributed by atoms with E-state index in [1.54, 1.807) is 0 Å². The molecule has 0 aromatic carbocycles. The van der Waals surface area contributed by atoms with Gasteiger partial charge in [-0.25, -0.2) is 0 Å². The number of aliphatic imine (C=N–C) groups is 1. The van der Waals surface area contributed by atoms with Crippen molar-refractivity contribution in [3.63, 3.8) is 0 Å². The summed E-state index contributed by atoms with van der Waals surface area (Å²) in [5.74, 6) is -3.56. The molecule has 29 heavy (non-hydrogen) atoms. The Morgan fingerprint density at radius 2 is 1.48 bits per heavy atom. The molecule has 5 unspecified atom stereocenters. The second kappa shape index (κ2) is 12.5. The highest BCUT2D eigenvalue weighted by Gasteiger charge is 2.30. The van der Waals surface area contributed by atoms with Crippen LogP contribution in [-0.4, -0.2) is 76.7 Å². The van der Waals surface area contributed by atoms with Crippen molar-refractivity contribution in [2.24, 2.45) is 22.2 Å². The molecule has 0 spiro atoms. The van der Waals surface area contributed by atoms with Crippen molar-refractivity contribution in [2.45, 2.75) is 63.9 Å². The van der Waals surface area contributed by atoms with E-state index < -0.39 is 54.0 Å². The van der Waals surface area contributed by atoms with Crippen LogP contribution in [0.4, 0.5) is 0 Å². The number of hydrogen-bond donors (Lipinski definition) is 8. The second-order valence-corrected chi connectivity index (χ2v) is 6.58. The molecule has 0 aromatic rings. The molecule has 5 atom stereocenters. The molecule has 13 heteroatoms. The summed E-state index contributed by atoms with van der Waals surface area (Å²) < 4.78 is 0. The highest BCUT2D eigenvalue weighted by molar-refractivity contribution is 5.94. The van der Waals surface area contributed by atoms with Crippen LogP contribution in [0.1, 0.15) is 33.6 Å². The first kappa shape index (κ1) is 26.1. The fraction of sp³-hybridized carbons (Fsp3) is 0.688. The zero-order valence-corrected chi connectivity index (χ0v) is 16.7. The number of carboxylic acid groups (broad SMARTS) is 1. The van der Waals surface area contributed by atoms with E-state index in [4.69, 9.17) is 22.3 Å². The van der Waals surface area contributed by atoms with Crippen molar-refractivity contribution >= 4 is 29.7 Å². The zero-order chi connectivity index (χ0) is 22.7. The van der Waals surface area contributed by atoms with Crippen LogP contribution >= 0.6 is 0 Å².